The minimum Gasteiger partial charge on any atom is -0.496 e. The van der Waals surface area contributed by atoms with Gasteiger partial charge in [-0.3, -0.25) is 15.0 Å². The Labute approximate surface area is 222 Å². The smallest absolute Gasteiger partial charge is 0.406 e. The van der Waals surface area contributed by atoms with Gasteiger partial charge in [-0.1, -0.05) is 6.07 Å². The van der Waals surface area contributed by atoms with Crippen LogP contribution < -0.4 is 31.1 Å². The first-order valence-electron chi connectivity index (χ1n) is 12.7. The summed E-state index contributed by atoms with van der Waals surface area (Å²) in [6.07, 6.45) is -4.28. The number of hydrogen-bond donors (Lipinski definition) is 4. The van der Waals surface area contributed by atoms with Crippen LogP contribution in [0.4, 0.5) is 23.2 Å². The molecule has 3 saturated heterocycles. The number of alkyl halides is 3. The number of piperazine rings is 1. The van der Waals surface area contributed by atoms with Crippen LogP contribution in [0, 0.1) is 11.7 Å². The lowest BCUT2D eigenvalue weighted by atomic mass is 9.84. The summed E-state index contributed by atoms with van der Waals surface area (Å²) < 4.78 is 58.0. The van der Waals surface area contributed by atoms with Gasteiger partial charge in [-0.15, -0.1) is 0 Å². The molecule has 210 valence electrons. The molecular weight excluding hydrogens is 520 g/mol. The average molecular weight is 551 g/mol. The fourth-order valence-electron chi connectivity index (χ4n) is 5.53. The summed E-state index contributed by atoms with van der Waals surface area (Å²) in [7, 11) is 1.50. The van der Waals surface area contributed by atoms with E-state index in [1.54, 1.807) is 41.3 Å². The lowest BCUT2D eigenvalue weighted by Gasteiger charge is -2.36. The van der Waals surface area contributed by atoms with Crippen LogP contribution in [0.3, 0.4) is 0 Å². The zero-order valence-electron chi connectivity index (χ0n) is 21.2. The van der Waals surface area contributed by atoms with E-state index in [4.69, 9.17) is 4.74 Å². The minimum atomic E-state index is -4.43. The molecule has 39 heavy (non-hydrogen) atoms. The fourth-order valence-corrected chi connectivity index (χ4v) is 5.53. The summed E-state index contributed by atoms with van der Waals surface area (Å²) in [4.78, 5) is 27.7. The van der Waals surface area contributed by atoms with E-state index in [1.807, 2.05) is 0 Å². The molecule has 2 aromatic carbocycles. The maximum absolute atomic E-state index is 14.7. The molecule has 3 aliphatic rings. The highest BCUT2D eigenvalue weighted by atomic mass is 19.4. The number of benzene rings is 2. The van der Waals surface area contributed by atoms with Crippen molar-refractivity contribution < 1.29 is 31.9 Å². The van der Waals surface area contributed by atoms with Gasteiger partial charge in [-0.25, -0.2) is 9.82 Å². The van der Waals surface area contributed by atoms with Crippen molar-refractivity contribution >= 4 is 17.5 Å². The summed E-state index contributed by atoms with van der Waals surface area (Å²) in [5, 5.41) is 6.36. The van der Waals surface area contributed by atoms with E-state index in [-0.39, 0.29) is 49.4 Å². The number of carbonyl (C=O) groups excluding carboxylic acids is 2. The minimum absolute atomic E-state index is 0.0252. The van der Waals surface area contributed by atoms with Crippen molar-refractivity contribution in [3.8, 4) is 5.75 Å². The van der Waals surface area contributed by atoms with Crippen LogP contribution >= 0.6 is 0 Å². The monoisotopic (exact) mass is 550 g/mol. The molecule has 2 amide bonds. The molecule has 4 atom stereocenters. The summed E-state index contributed by atoms with van der Waals surface area (Å²) in [6, 6.07) is 11.0. The molecule has 4 unspecified atom stereocenters. The maximum atomic E-state index is 14.7. The van der Waals surface area contributed by atoms with Gasteiger partial charge in [0.2, 0.25) is 5.91 Å². The largest absolute Gasteiger partial charge is 0.496 e. The zero-order valence-corrected chi connectivity index (χ0v) is 21.2. The van der Waals surface area contributed by atoms with E-state index in [2.05, 4.69) is 21.5 Å². The van der Waals surface area contributed by atoms with Crippen molar-refractivity contribution in [2.75, 3.05) is 44.7 Å². The Hall–Kier alpha value is -3.42. The number of carbonyl (C=O) groups is 2. The van der Waals surface area contributed by atoms with Crippen LogP contribution in [-0.4, -0.2) is 74.9 Å². The Bertz CT molecular complexity index is 1210. The van der Waals surface area contributed by atoms with Gasteiger partial charge in [0, 0.05) is 54.5 Å². The number of hydrazine groups is 1. The summed E-state index contributed by atoms with van der Waals surface area (Å²) in [5.41, 5.74) is 7.82. The van der Waals surface area contributed by atoms with Crippen molar-refractivity contribution in [1.82, 2.24) is 26.4 Å². The van der Waals surface area contributed by atoms with E-state index >= 15 is 0 Å². The summed E-state index contributed by atoms with van der Waals surface area (Å²) in [6.45, 7) is -0.621. The van der Waals surface area contributed by atoms with Gasteiger partial charge in [0.05, 0.1) is 19.8 Å². The summed E-state index contributed by atoms with van der Waals surface area (Å²) >= 11 is 0. The first-order chi connectivity index (χ1) is 18.6. The molecule has 0 aliphatic carbocycles. The van der Waals surface area contributed by atoms with Gasteiger partial charge in [0.1, 0.15) is 18.1 Å². The third kappa shape index (κ3) is 5.94. The molecule has 2 aromatic rings. The second-order valence-electron chi connectivity index (χ2n) is 9.96. The van der Waals surface area contributed by atoms with E-state index in [9.17, 15) is 27.2 Å². The number of nitrogens with zero attached hydrogens (tertiary/aromatic N) is 2. The van der Waals surface area contributed by atoms with Crippen LogP contribution in [0.25, 0.3) is 0 Å². The molecule has 0 radical (unpaired) electrons. The van der Waals surface area contributed by atoms with E-state index in [0.29, 0.717) is 35.5 Å². The van der Waals surface area contributed by atoms with Gasteiger partial charge in [0.15, 0.2) is 0 Å². The van der Waals surface area contributed by atoms with Crippen LogP contribution in [0.5, 0.6) is 5.75 Å². The van der Waals surface area contributed by atoms with Crippen molar-refractivity contribution in [3.05, 3.63) is 59.4 Å². The molecule has 9 nitrogen and oxygen atoms in total. The number of methoxy groups -OCH3 is 1. The number of halogens is 4. The van der Waals surface area contributed by atoms with Gasteiger partial charge in [-0.2, -0.15) is 13.2 Å². The molecule has 0 bridgehead atoms. The van der Waals surface area contributed by atoms with E-state index < -0.39 is 24.8 Å². The first kappa shape index (κ1) is 27.2. The molecule has 0 aromatic heterocycles. The Morgan fingerprint density at radius 1 is 1.13 bits per heavy atom. The average Bonchev–Trinajstić information content (AvgIpc) is 3.30. The number of anilines is 1. The highest BCUT2D eigenvalue weighted by molar-refractivity contribution is 5.95. The highest BCUT2D eigenvalue weighted by Gasteiger charge is 2.42. The predicted molar refractivity (Wildman–Crippen MR) is 134 cm³/mol. The number of hydrogen-bond acceptors (Lipinski definition) is 7. The van der Waals surface area contributed by atoms with Crippen molar-refractivity contribution in [3.63, 3.8) is 0 Å². The Kier molecular flexibility index (Phi) is 7.65. The zero-order chi connectivity index (χ0) is 27.7. The van der Waals surface area contributed by atoms with Crippen molar-refractivity contribution in [2.45, 2.75) is 30.8 Å². The topological polar surface area (TPSA) is 98.0 Å². The first-order valence-corrected chi connectivity index (χ1v) is 12.7. The Morgan fingerprint density at radius 3 is 2.59 bits per heavy atom. The lowest BCUT2D eigenvalue weighted by molar-refractivity contribution is -0.161. The van der Waals surface area contributed by atoms with Gasteiger partial charge >= 0.3 is 6.18 Å². The molecule has 4 N–H and O–H groups in total. The van der Waals surface area contributed by atoms with Crippen LogP contribution in [0.1, 0.15) is 28.4 Å². The Morgan fingerprint density at radius 2 is 1.90 bits per heavy atom. The van der Waals surface area contributed by atoms with Crippen LogP contribution in [0.2, 0.25) is 0 Å². The normalized spacial score (nSPS) is 25.4. The number of ether oxygens (including phenoxy) is 1. The van der Waals surface area contributed by atoms with E-state index in [0.717, 1.165) is 4.90 Å². The molecule has 3 heterocycles. The third-order valence-electron chi connectivity index (χ3n) is 7.51. The number of piperidine rings is 1. The molecule has 0 spiro atoms. The van der Waals surface area contributed by atoms with Crippen LogP contribution in [-0.2, 0) is 4.79 Å². The van der Waals surface area contributed by atoms with Gasteiger partial charge in [-0.05, 0) is 42.8 Å². The Balaban J connectivity index is 1.20. The highest BCUT2D eigenvalue weighted by Crippen LogP contribution is 2.36. The number of nitrogens with one attached hydrogen (secondary N) is 4. The molecule has 5 rings (SSSR count). The standard InChI is InChI=1S/C26H30F4N6O3/c1-39-21-4-2-3-18(27)23(21)19-11-17-20(12-31-19)33-34-24(17)32-25(38)15-5-7-16(8-6-15)35-9-10-36(22(37)13-35)14-26(28,29)30/h2-8,17,19-20,24,31,33-34H,9-14H2,1H3,(H,32,38). The molecular formula is C26H30F4N6O3. The number of fused-ring (bicyclic) bond motifs is 1. The fraction of sp³-hybridized carbons (Fsp3) is 0.462. The van der Waals surface area contributed by atoms with Crippen LogP contribution in [0.15, 0.2) is 42.5 Å². The lowest BCUT2D eigenvalue weighted by Crippen LogP contribution is -2.53. The van der Waals surface area contributed by atoms with E-state index in [1.165, 1.54) is 13.2 Å². The second-order valence-corrected chi connectivity index (χ2v) is 9.96. The SMILES string of the molecule is COc1cccc(F)c1C1CC2C(CN1)NNC2NC(=O)c1ccc(N2CCN(CC(F)(F)F)C(=O)C2)cc1. The molecule has 13 heteroatoms. The molecule has 3 fully saturated rings. The second kappa shape index (κ2) is 11.0. The molecule has 3 aliphatic heterocycles. The van der Waals surface area contributed by atoms with Gasteiger partial charge < -0.3 is 25.2 Å². The third-order valence-corrected chi connectivity index (χ3v) is 7.51. The number of amides is 2. The summed E-state index contributed by atoms with van der Waals surface area (Å²) in [5.74, 6) is -0.820. The van der Waals surface area contributed by atoms with Crippen molar-refractivity contribution in [1.29, 1.82) is 0 Å². The number of rotatable bonds is 6. The quantitative estimate of drug-likeness (QED) is 0.408. The maximum Gasteiger partial charge on any atom is 0.406 e. The predicted octanol–water partition coefficient (Wildman–Crippen LogP) is 1.93. The van der Waals surface area contributed by atoms with Gasteiger partial charge in [0.25, 0.3) is 5.91 Å². The molecule has 0 saturated carbocycles. The van der Waals surface area contributed by atoms with Crippen molar-refractivity contribution in [2.24, 2.45) is 5.92 Å².